The number of likely N-dealkylation sites (tertiary alicyclic amines) is 1. The Kier molecular flexibility index (Phi) is 3.53. The van der Waals surface area contributed by atoms with Gasteiger partial charge in [0.1, 0.15) is 0 Å². The van der Waals surface area contributed by atoms with Crippen molar-refractivity contribution < 1.29 is 0 Å². The number of hydrogen-bond donors (Lipinski definition) is 1. The van der Waals surface area contributed by atoms with Gasteiger partial charge in [-0.15, -0.1) is 0 Å². The van der Waals surface area contributed by atoms with Crippen LogP contribution in [0.3, 0.4) is 0 Å². The first-order valence-electron chi connectivity index (χ1n) is 8.50. The van der Waals surface area contributed by atoms with Crippen LogP contribution in [0.1, 0.15) is 55.7 Å². The molecule has 0 saturated carbocycles. The maximum atomic E-state index is 3.76. The fourth-order valence-electron chi connectivity index (χ4n) is 4.72. The lowest BCUT2D eigenvalue weighted by atomic mass is 9.91. The highest BCUT2D eigenvalue weighted by Gasteiger charge is 2.37. The summed E-state index contributed by atoms with van der Waals surface area (Å²) in [5, 5.41) is 3.76. The third-order valence-electron chi connectivity index (χ3n) is 5.66. The van der Waals surface area contributed by atoms with Crippen LogP contribution in [-0.4, -0.2) is 30.1 Å². The van der Waals surface area contributed by atoms with E-state index in [-0.39, 0.29) is 0 Å². The first-order chi connectivity index (χ1) is 9.93. The molecule has 2 nitrogen and oxygen atoms in total. The van der Waals surface area contributed by atoms with Gasteiger partial charge < -0.3 is 5.32 Å². The van der Waals surface area contributed by atoms with E-state index in [0.717, 1.165) is 12.1 Å². The quantitative estimate of drug-likeness (QED) is 0.887. The van der Waals surface area contributed by atoms with Crippen LogP contribution in [0.4, 0.5) is 0 Å². The van der Waals surface area contributed by atoms with Gasteiger partial charge in [0.25, 0.3) is 0 Å². The van der Waals surface area contributed by atoms with E-state index in [1.54, 1.807) is 11.1 Å². The lowest BCUT2D eigenvalue weighted by molar-refractivity contribution is 0.0728. The Morgan fingerprint density at radius 1 is 1.00 bits per heavy atom. The summed E-state index contributed by atoms with van der Waals surface area (Å²) >= 11 is 0. The molecule has 0 radical (unpaired) electrons. The van der Waals surface area contributed by atoms with Crippen molar-refractivity contribution in [2.75, 3.05) is 13.1 Å². The monoisotopic (exact) mass is 270 g/mol. The standard InChI is InChI=1S/C18H26N2/c1-2-7-15-14(6-1)10-11-17(15)20-13-4-3-9-18(20)16-8-5-12-19-16/h1-2,6-7,16-19H,3-5,8-13H2. The molecule has 3 atom stereocenters. The normalized spacial score (nSPS) is 34.3. The molecule has 3 aliphatic rings. The third kappa shape index (κ3) is 2.19. The summed E-state index contributed by atoms with van der Waals surface area (Å²) in [6.07, 6.45) is 9.59. The molecule has 1 aliphatic carbocycles. The minimum atomic E-state index is 0.693. The molecule has 0 amide bonds. The highest BCUT2D eigenvalue weighted by atomic mass is 15.2. The summed E-state index contributed by atoms with van der Waals surface area (Å²) in [4.78, 5) is 2.86. The molecule has 0 spiro atoms. The molecule has 20 heavy (non-hydrogen) atoms. The van der Waals surface area contributed by atoms with Crippen LogP contribution in [0, 0.1) is 0 Å². The van der Waals surface area contributed by atoms with Gasteiger partial charge in [0, 0.05) is 18.1 Å². The van der Waals surface area contributed by atoms with Crippen LogP contribution in [0.2, 0.25) is 0 Å². The zero-order valence-corrected chi connectivity index (χ0v) is 12.4. The Hall–Kier alpha value is -0.860. The molecule has 0 bridgehead atoms. The summed E-state index contributed by atoms with van der Waals surface area (Å²) in [5.41, 5.74) is 3.22. The van der Waals surface area contributed by atoms with Gasteiger partial charge in [0.05, 0.1) is 0 Å². The number of nitrogens with one attached hydrogen (secondary N) is 1. The second-order valence-electron chi connectivity index (χ2n) is 6.76. The van der Waals surface area contributed by atoms with Crippen LogP contribution < -0.4 is 5.32 Å². The van der Waals surface area contributed by atoms with Crippen molar-refractivity contribution in [3.8, 4) is 0 Å². The van der Waals surface area contributed by atoms with Crippen molar-refractivity contribution in [3.63, 3.8) is 0 Å². The average molecular weight is 270 g/mol. The fraction of sp³-hybridized carbons (Fsp3) is 0.667. The summed E-state index contributed by atoms with van der Waals surface area (Å²) in [6.45, 7) is 2.54. The summed E-state index contributed by atoms with van der Waals surface area (Å²) in [5.74, 6) is 0. The van der Waals surface area contributed by atoms with E-state index in [2.05, 4.69) is 34.5 Å². The van der Waals surface area contributed by atoms with Gasteiger partial charge >= 0.3 is 0 Å². The van der Waals surface area contributed by atoms with E-state index in [1.165, 1.54) is 58.0 Å². The number of rotatable bonds is 2. The van der Waals surface area contributed by atoms with Gasteiger partial charge in [-0.1, -0.05) is 30.7 Å². The second-order valence-corrected chi connectivity index (χ2v) is 6.76. The lowest BCUT2D eigenvalue weighted by Gasteiger charge is -2.43. The minimum Gasteiger partial charge on any atom is -0.312 e. The summed E-state index contributed by atoms with van der Waals surface area (Å²) in [7, 11) is 0. The van der Waals surface area contributed by atoms with Crippen molar-refractivity contribution in [1.29, 1.82) is 0 Å². The number of aryl methyl sites for hydroxylation is 1. The van der Waals surface area contributed by atoms with Gasteiger partial charge in [-0.05, 0) is 62.7 Å². The number of hydrogen-bond acceptors (Lipinski definition) is 2. The van der Waals surface area contributed by atoms with Crippen LogP contribution in [0.15, 0.2) is 24.3 Å². The molecule has 1 N–H and O–H groups in total. The van der Waals surface area contributed by atoms with Crippen molar-refractivity contribution in [2.24, 2.45) is 0 Å². The molecule has 3 unspecified atom stereocenters. The third-order valence-corrected chi connectivity index (χ3v) is 5.66. The minimum absolute atomic E-state index is 0.693. The predicted octanol–water partition coefficient (Wildman–Crippen LogP) is 3.28. The van der Waals surface area contributed by atoms with E-state index >= 15 is 0 Å². The van der Waals surface area contributed by atoms with Crippen LogP contribution in [0.5, 0.6) is 0 Å². The van der Waals surface area contributed by atoms with Crippen LogP contribution in [-0.2, 0) is 6.42 Å². The maximum Gasteiger partial charge on any atom is 0.0357 e. The van der Waals surface area contributed by atoms with E-state index < -0.39 is 0 Å². The summed E-state index contributed by atoms with van der Waals surface area (Å²) in [6, 6.07) is 11.4. The van der Waals surface area contributed by atoms with Crippen molar-refractivity contribution >= 4 is 0 Å². The van der Waals surface area contributed by atoms with E-state index in [4.69, 9.17) is 0 Å². The van der Waals surface area contributed by atoms with Gasteiger partial charge in [-0.25, -0.2) is 0 Å². The second kappa shape index (κ2) is 5.50. The van der Waals surface area contributed by atoms with E-state index in [1.807, 2.05) is 0 Å². The van der Waals surface area contributed by atoms with Crippen molar-refractivity contribution in [3.05, 3.63) is 35.4 Å². The Morgan fingerprint density at radius 2 is 1.95 bits per heavy atom. The van der Waals surface area contributed by atoms with Gasteiger partial charge in [-0.2, -0.15) is 0 Å². The number of piperidine rings is 1. The molecular weight excluding hydrogens is 244 g/mol. The molecule has 2 heteroatoms. The molecule has 0 aromatic heterocycles. The fourth-order valence-corrected chi connectivity index (χ4v) is 4.72. The lowest BCUT2D eigenvalue weighted by Crippen LogP contribution is -2.51. The van der Waals surface area contributed by atoms with E-state index in [0.29, 0.717) is 6.04 Å². The average Bonchev–Trinajstić information content (AvgIpc) is 3.17. The Balaban J connectivity index is 1.59. The number of fused-ring (bicyclic) bond motifs is 1. The van der Waals surface area contributed by atoms with Crippen molar-refractivity contribution in [1.82, 2.24) is 10.2 Å². The molecule has 1 aromatic rings. The highest BCUT2D eigenvalue weighted by Crippen LogP contribution is 2.40. The van der Waals surface area contributed by atoms with Crippen molar-refractivity contribution in [2.45, 2.75) is 63.1 Å². The molecule has 2 heterocycles. The first-order valence-corrected chi connectivity index (χ1v) is 8.50. The molecule has 108 valence electrons. The molecule has 4 rings (SSSR count). The topological polar surface area (TPSA) is 15.3 Å². The van der Waals surface area contributed by atoms with E-state index in [9.17, 15) is 0 Å². The molecular formula is C18H26N2. The summed E-state index contributed by atoms with van der Waals surface area (Å²) < 4.78 is 0. The Morgan fingerprint density at radius 3 is 2.85 bits per heavy atom. The molecule has 1 aromatic carbocycles. The first kappa shape index (κ1) is 12.8. The SMILES string of the molecule is c1ccc2c(c1)CCC2N1CCCCC1C1CCCN1. The Labute approximate surface area is 122 Å². The Bertz CT molecular complexity index is 464. The van der Waals surface area contributed by atoms with Crippen LogP contribution in [0.25, 0.3) is 0 Å². The van der Waals surface area contributed by atoms with Gasteiger partial charge in [0.2, 0.25) is 0 Å². The zero-order valence-electron chi connectivity index (χ0n) is 12.4. The predicted molar refractivity (Wildman–Crippen MR) is 82.9 cm³/mol. The zero-order chi connectivity index (χ0) is 13.4. The largest absolute Gasteiger partial charge is 0.312 e. The number of benzene rings is 1. The maximum absolute atomic E-state index is 3.76. The number of nitrogens with zero attached hydrogens (tertiary/aromatic N) is 1. The smallest absolute Gasteiger partial charge is 0.0357 e. The van der Waals surface area contributed by atoms with Crippen LogP contribution >= 0.6 is 0 Å². The highest BCUT2D eigenvalue weighted by molar-refractivity contribution is 5.34. The van der Waals surface area contributed by atoms with Gasteiger partial charge in [0.15, 0.2) is 0 Å². The van der Waals surface area contributed by atoms with Gasteiger partial charge in [-0.3, -0.25) is 4.90 Å². The molecule has 2 saturated heterocycles. The molecule has 2 fully saturated rings. The molecule has 2 aliphatic heterocycles.